The van der Waals surface area contributed by atoms with Crippen molar-refractivity contribution in [2.24, 2.45) is 0 Å². The summed E-state index contributed by atoms with van der Waals surface area (Å²) in [4.78, 5) is 16.4. The van der Waals surface area contributed by atoms with Gasteiger partial charge in [0, 0.05) is 5.56 Å². The van der Waals surface area contributed by atoms with Crippen molar-refractivity contribution in [1.29, 1.82) is 0 Å². The molecule has 6 nitrogen and oxygen atoms in total. The van der Waals surface area contributed by atoms with E-state index in [9.17, 15) is 13.6 Å². The largest absolute Gasteiger partial charge is 0.445 e. The van der Waals surface area contributed by atoms with Gasteiger partial charge in [-0.15, -0.1) is 0 Å². The van der Waals surface area contributed by atoms with Gasteiger partial charge in [0.25, 0.3) is 0 Å². The molecular weight excluding hydrogens is 374 g/mol. The molecule has 0 radical (unpaired) electrons. The molecule has 2 heterocycles. The molecule has 2 aromatic heterocycles. The zero-order valence-electron chi connectivity index (χ0n) is 13.8. The Morgan fingerprint density at radius 1 is 1.07 bits per heavy atom. The van der Waals surface area contributed by atoms with Crippen molar-refractivity contribution in [1.82, 2.24) is 19.3 Å². The number of benzene rings is 2. The van der Waals surface area contributed by atoms with Gasteiger partial charge in [-0.3, -0.25) is 4.57 Å². The normalized spacial score (nSPS) is 10.9. The number of hydrogen-bond donors (Lipinski definition) is 0. The maximum Gasteiger partial charge on any atom is 0.350 e. The van der Waals surface area contributed by atoms with E-state index in [0.29, 0.717) is 16.5 Å². The van der Waals surface area contributed by atoms with Crippen LogP contribution in [0.25, 0.3) is 5.69 Å². The minimum atomic E-state index is -0.709. The highest BCUT2D eigenvalue weighted by molar-refractivity contribution is 7.11. The maximum atomic E-state index is 13.8. The molecule has 4 rings (SSSR count). The van der Waals surface area contributed by atoms with Crippen molar-refractivity contribution in [2.75, 3.05) is 0 Å². The van der Waals surface area contributed by atoms with Gasteiger partial charge in [0.05, 0.1) is 23.9 Å². The fourth-order valence-corrected chi connectivity index (χ4v) is 2.99. The molecular formula is C18H12F2N4O2S. The molecule has 0 atom stereocenters. The van der Waals surface area contributed by atoms with Crippen LogP contribution in [0.5, 0.6) is 10.8 Å². The van der Waals surface area contributed by atoms with E-state index >= 15 is 0 Å². The SMILES string of the molecule is O=c1n(Cc2c(F)cccc2F)cnn1-c1ccc(Oc2cncs2)cc1. The maximum absolute atomic E-state index is 13.8. The Hall–Kier alpha value is -3.33. The van der Waals surface area contributed by atoms with E-state index in [1.807, 2.05) is 0 Å². The third kappa shape index (κ3) is 3.49. The van der Waals surface area contributed by atoms with Crippen molar-refractivity contribution in [3.63, 3.8) is 0 Å². The van der Waals surface area contributed by atoms with Gasteiger partial charge in [0.1, 0.15) is 23.7 Å². The topological polar surface area (TPSA) is 61.9 Å². The number of nitrogens with zero attached hydrogens (tertiary/aromatic N) is 4. The molecule has 0 N–H and O–H groups in total. The molecule has 0 spiro atoms. The van der Waals surface area contributed by atoms with Gasteiger partial charge in [-0.2, -0.15) is 9.78 Å². The lowest BCUT2D eigenvalue weighted by atomic mass is 10.2. The van der Waals surface area contributed by atoms with E-state index in [-0.39, 0.29) is 12.1 Å². The molecule has 0 saturated heterocycles. The van der Waals surface area contributed by atoms with Crippen LogP contribution in [0, 0.1) is 11.6 Å². The Kier molecular flexibility index (Phi) is 4.51. The lowest BCUT2D eigenvalue weighted by molar-refractivity contribution is 0.495. The van der Waals surface area contributed by atoms with Gasteiger partial charge < -0.3 is 4.74 Å². The summed E-state index contributed by atoms with van der Waals surface area (Å²) in [6.45, 7) is -0.246. The first-order chi connectivity index (χ1) is 13.1. The first-order valence-corrected chi connectivity index (χ1v) is 8.74. The highest BCUT2D eigenvalue weighted by atomic mass is 32.1. The number of thiazole rings is 1. The van der Waals surface area contributed by atoms with Crippen molar-refractivity contribution in [2.45, 2.75) is 6.54 Å². The predicted octanol–water partition coefficient (Wildman–Crippen LogP) is 3.61. The second kappa shape index (κ2) is 7.12. The number of aromatic nitrogens is 4. The number of ether oxygens (including phenoxy) is 1. The molecule has 136 valence electrons. The minimum absolute atomic E-state index is 0.188. The Morgan fingerprint density at radius 2 is 1.81 bits per heavy atom. The summed E-state index contributed by atoms with van der Waals surface area (Å²) in [5, 5.41) is 4.67. The second-order valence-electron chi connectivity index (χ2n) is 5.57. The van der Waals surface area contributed by atoms with Crippen molar-refractivity contribution >= 4 is 11.3 Å². The van der Waals surface area contributed by atoms with Gasteiger partial charge in [-0.25, -0.2) is 18.6 Å². The first kappa shape index (κ1) is 17.1. The summed E-state index contributed by atoms with van der Waals surface area (Å²) in [6, 6.07) is 10.3. The van der Waals surface area contributed by atoms with Crippen LogP contribution in [0.15, 0.2) is 65.3 Å². The number of hydrogen-bond acceptors (Lipinski definition) is 5. The van der Waals surface area contributed by atoms with E-state index in [4.69, 9.17) is 4.74 Å². The second-order valence-corrected chi connectivity index (χ2v) is 6.42. The van der Waals surface area contributed by atoms with Gasteiger partial charge in [0.15, 0.2) is 0 Å². The smallest absolute Gasteiger partial charge is 0.350 e. The third-order valence-electron chi connectivity index (χ3n) is 3.83. The van der Waals surface area contributed by atoms with Crippen LogP contribution in [0.4, 0.5) is 8.78 Å². The van der Waals surface area contributed by atoms with Gasteiger partial charge in [0.2, 0.25) is 5.06 Å². The van der Waals surface area contributed by atoms with Crippen LogP contribution in [0.1, 0.15) is 5.56 Å². The van der Waals surface area contributed by atoms with Gasteiger partial charge in [-0.1, -0.05) is 17.4 Å². The van der Waals surface area contributed by atoms with Crippen molar-refractivity contribution < 1.29 is 13.5 Å². The predicted molar refractivity (Wildman–Crippen MR) is 95.5 cm³/mol. The average molecular weight is 386 g/mol. The molecule has 0 aliphatic carbocycles. The highest BCUT2D eigenvalue weighted by Gasteiger charge is 2.13. The zero-order valence-corrected chi connectivity index (χ0v) is 14.6. The average Bonchev–Trinajstić information content (AvgIpc) is 3.29. The fraction of sp³-hybridized carbons (Fsp3) is 0.0556. The zero-order chi connectivity index (χ0) is 18.8. The lowest BCUT2D eigenvalue weighted by Crippen LogP contribution is -2.24. The van der Waals surface area contributed by atoms with E-state index < -0.39 is 17.3 Å². The molecule has 0 aliphatic rings. The molecule has 0 aliphatic heterocycles. The summed E-state index contributed by atoms with van der Waals surface area (Å²) in [7, 11) is 0. The van der Waals surface area contributed by atoms with Gasteiger partial charge in [-0.05, 0) is 36.4 Å². The number of halogens is 2. The molecule has 0 amide bonds. The standard InChI is InChI=1S/C18H12F2N4O2S/c19-15-2-1-3-16(20)14(15)9-23-10-22-24(18(23)25)12-4-6-13(7-5-12)26-17-8-21-11-27-17/h1-8,10-11H,9H2. The van der Waals surface area contributed by atoms with E-state index in [2.05, 4.69) is 10.1 Å². The minimum Gasteiger partial charge on any atom is -0.445 e. The summed E-state index contributed by atoms with van der Waals surface area (Å²) >= 11 is 1.36. The van der Waals surface area contributed by atoms with E-state index in [1.54, 1.807) is 36.0 Å². The molecule has 2 aromatic carbocycles. The molecule has 0 bridgehead atoms. The molecule has 0 saturated carbocycles. The van der Waals surface area contributed by atoms with Crippen LogP contribution >= 0.6 is 11.3 Å². The van der Waals surface area contributed by atoms with Crippen molar-refractivity contribution in [3.8, 4) is 16.5 Å². The Balaban J connectivity index is 1.58. The third-order valence-corrected chi connectivity index (χ3v) is 4.48. The monoisotopic (exact) mass is 386 g/mol. The Bertz CT molecular complexity index is 1100. The quantitative estimate of drug-likeness (QED) is 0.526. The van der Waals surface area contributed by atoms with Crippen LogP contribution in [0.2, 0.25) is 0 Å². The summed E-state index contributed by atoms with van der Waals surface area (Å²) in [5.41, 5.74) is 1.47. The van der Waals surface area contributed by atoms with Crippen LogP contribution in [-0.2, 0) is 6.54 Å². The van der Waals surface area contributed by atoms with Gasteiger partial charge >= 0.3 is 5.69 Å². The van der Waals surface area contributed by atoms with Crippen LogP contribution in [0.3, 0.4) is 0 Å². The van der Waals surface area contributed by atoms with E-state index in [1.165, 1.54) is 23.7 Å². The molecule has 0 fully saturated rings. The number of rotatable bonds is 5. The van der Waals surface area contributed by atoms with E-state index in [0.717, 1.165) is 21.4 Å². The first-order valence-electron chi connectivity index (χ1n) is 7.86. The van der Waals surface area contributed by atoms with Crippen molar-refractivity contribution in [3.05, 3.63) is 88.2 Å². The summed E-state index contributed by atoms with van der Waals surface area (Å²) in [6.07, 6.45) is 2.85. The lowest BCUT2D eigenvalue weighted by Gasteiger charge is -2.05. The molecule has 27 heavy (non-hydrogen) atoms. The molecule has 0 unspecified atom stereocenters. The Labute approximate surface area is 155 Å². The van der Waals surface area contributed by atoms with Crippen LogP contribution in [-0.4, -0.2) is 19.3 Å². The summed E-state index contributed by atoms with van der Waals surface area (Å²) < 4.78 is 35.5. The van der Waals surface area contributed by atoms with Crippen LogP contribution < -0.4 is 10.4 Å². The molecule has 4 aromatic rings. The Morgan fingerprint density at radius 3 is 2.48 bits per heavy atom. The highest BCUT2D eigenvalue weighted by Crippen LogP contribution is 2.25. The fourth-order valence-electron chi connectivity index (χ4n) is 2.50. The molecule has 9 heteroatoms. The summed E-state index contributed by atoms with van der Waals surface area (Å²) in [5.74, 6) is -0.831.